The van der Waals surface area contributed by atoms with Gasteiger partial charge in [-0.15, -0.1) is 0 Å². The minimum atomic E-state index is -0.497. The number of benzene rings is 2. The number of halogens is 2. The van der Waals surface area contributed by atoms with E-state index in [9.17, 15) is 9.18 Å². The molecule has 7 heteroatoms. The first-order chi connectivity index (χ1) is 12.6. The fourth-order valence-corrected chi connectivity index (χ4v) is 2.84. The van der Waals surface area contributed by atoms with E-state index in [-0.39, 0.29) is 16.5 Å². The smallest absolute Gasteiger partial charge is 0.271 e. The lowest BCUT2D eigenvalue weighted by Gasteiger charge is -2.26. The van der Waals surface area contributed by atoms with E-state index in [4.69, 9.17) is 16.3 Å². The highest BCUT2D eigenvalue weighted by atomic mass is 35.5. The number of amides is 1. The van der Waals surface area contributed by atoms with Crippen molar-refractivity contribution in [2.24, 2.45) is 5.10 Å². The van der Waals surface area contributed by atoms with E-state index in [0.29, 0.717) is 5.56 Å². The number of nitrogens with zero attached hydrogens (tertiary/aromatic N) is 2. The fraction of sp³-hybridized carbons (Fsp3) is 0.263. The first-order valence-corrected chi connectivity index (χ1v) is 8.68. The molecule has 136 valence electrons. The summed E-state index contributed by atoms with van der Waals surface area (Å²) in [6.45, 7) is 4.16. The van der Waals surface area contributed by atoms with Gasteiger partial charge in [0.05, 0.1) is 24.5 Å². The Kier molecular flexibility index (Phi) is 6.33. The highest BCUT2D eigenvalue weighted by molar-refractivity contribution is 6.33. The Morgan fingerprint density at radius 2 is 1.96 bits per heavy atom. The molecule has 0 radical (unpaired) electrons. The molecule has 1 N–H and O–H groups in total. The van der Waals surface area contributed by atoms with Gasteiger partial charge in [0.15, 0.2) is 0 Å². The van der Waals surface area contributed by atoms with Crippen molar-refractivity contribution in [1.82, 2.24) is 10.3 Å². The summed E-state index contributed by atoms with van der Waals surface area (Å²) in [5, 5.41) is 4.02. The molecule has 1 fully saturated rings. The van der Waals surface area contributed by atoms with Crippen LogP contribution in [0.5, 0.6) is 0 Å². The van der Waals surface area contributed by atoms with E-state index in [1.807, 2.05) is 12.1 Å². The Morgan fingerprint density at radius 3 is 2.65 bits per heavy atom. The standard InChI is InChI=1S/C19H19ClFN3O2/c20-17-2-1-3-18(21)16(17)12-22-23-19(25)15-6-4-14(5-7-15)13-24-8-10-26-11-9-24/h1-7,12H,8-11,13H2,(H,23,25)/b22-12-. The molecule has 0 bridgehead atoms. The predicted molar refractivity (Wildman–Crippen MR) is 99.0 cm³/mol. The lowest BCUT2D eigenvalue weighted by atomic mass is 10.1. The third-order valence-electron chi connectivity index (χ3n) is 4.09. The van der Waals surface area contributed by atoms with Gasteiger partial charge < -0.3 is 4.74 Å². The lowest BCUT2D eigenvalue weighted by molar-refractivity contribution is 0.0342. The molecule has 5 nitrogen and oxygen atoms in total. The topological polar surface area (TPSA) is 53.9 Å². The van der Waals surface area contributed by atoms with Crippen molar-refractivity contribution >= 4 is 23.7 Å². The van der Waals surface area contributed by atoms with E-state index in [0.717, 1.165) is 38.4 Å². The van der Waals surface area contributed by atoms with Crippen molar-refractivity contribution in [2.45, 2.75) is 6.54 Å². The number of morpholine rings is 1. The summed E-state index contributed by atoms with van der Waals surface area (Å²) in [5.74, 6) is -0.866. The average Bonchev–Trinajstić information content (AvgIpc) is 2.65. The molecular formula is C19H19ClFN3O2. The Hall–Kier alpha value is -2.28. The van der Waals surface area contributed by atoms with Gasteiger partial charge in [-0.1, -0.05) is 29.8 Å². The highest BCUT2D eigenvalue weighted by Crippen LogP contribution is 2.16. The second-order valence-electron chi connectivity index (χ2n) is 5.92. The van der Waals surface area contributed by atoms with Crippen LogP contribution in [0.15, 0.2) is 47.6 Å². The normalized spacial score (nSPS) is 15.3. The summed E-state index contributed by atoms with van der Waals surface area (Å²) in [4.78, 5) is 14.4. The van der Waals surface area contributed by atoms with Gasteiger partial charge in [0.2, 0.25) is 0 Å². The first-order valence-electron chi connectivity index (χ1n) is 8.30. The molecular weight excluding hydrogens is 357 g/mol. The number of hydrogen-bond acceptors (Lipinski definition) is 4. The van der Waals surface area contributed by atoms with Crippen LogP contribution >= 0.6 is 11.6 Å². The van der Waals surface area contributed by atoms with Gasteiger partial charge >= 0.3 is 0 Å². The van der Waals surface area contributed by atoms with Gasteiger partial charge in [-0.3, -0.25) is 9.69 Å². The van der Waals surface area contributed by atoms with Gasteiger partial charge in [-0.2, -0.15) is 5.10 Å². The van der Waals surface area contributed by atoms with Crippen LogP contribution in [-0.2, 0) is 11.3 Å². The van der Waals surface area contributed by atoms with Crippen LogP contribution in [0.1, 0.15) is 21.5 Å². The van der Waals surface area contributed by atoms with Crippen LogP contribution in [0, 0.1) is 5.82 Å². The zero-order valence-electron chi connectivity index (χ0n) is 14.1. The number of nitrogens with one attached hydrogen (secondary N) is 1. The molecule has 1 saturated heterocycles. The van der Waals surface area contributed by atoms with Crippen LogP contribution in [0.2, 0.25) is 5.02 Å². The maximum absolute atomic E-state index is 13.6. The number of hydrazone groups is 1. The summed E-state index contributed by atoms with van der Waals surface area (Å²) in [7, 11) is 0. The average molecular weight is 376 g/mol. The molecule has 2 aromatic rings. The largest absolute Gasteiger partial charge is 0.379 e. The first kappa shape index (κ1) is 18.5. The molecule has 26 heavy (non-hydrogen) atoms. The van der Waals surface area contributed by atoms with Gasteiger partial charge in [0.25, 0.3) is 5.91 Å². The molecule has 0 unspecified atom stereocenters. The minimum Gasteiger partial charge on any atom is -0.379 e. The predicted octanol–water partition coefficient (Wildman–Crippen LogP) is 3.08. The number of hydrogen-bond donors (Lipinski definition) is 1. The maximum Gasteiger partial charge on any atom is 0.271 e. The zero-order chi connectivity index (χ0) is 18.4. The van der Waals surface area contributed by atoms with Crippen molar-refractivity contribution in [2.75, 3.05) is 26.3 Å². The Bertz CT molecular complexity index is 770. The number of ether oxygens (including phenoxy) is 1. The molecule has 1 aliphatic rings. The van der Waals surface area contributed by atoms with Gasteiger partial charge in [0.1, 0.15) is 5.82 Å². The molecule has 3 rings (SSSR count). The van der Waals surface area contributed by atoms with E-state index in [1.54, 1.807) is 18.2 Å². The van der Waals surface area contributed by atoms with Crippen LogP contribution in [0.4, 0.5) is 4.39 Å². The Labute approximate surface area is 156 Å². The molecule has 2 aromatic carbocycles. The zero-order valence-corrected chi connectivity index (χ0v) is 14.9. The van der Waals surface area contributed by atoms with Crippen molar-refractivity contribution in [3.8, 4) is 0 Å². The summed E-state index contributed by atoms with van der Waals surface area (Å²) in [5.41, 5.74) is 4.12. The second kappa shape index (κ2) is 8.89. The number of rotatable bonds is 5. The monoisotopic (exact) mass is 375 g/mol. The maximum atomic E-state index is 13.6. The van der Waals surface area contributed by atoms with E-state index < -0.39 is 5.82 Å². The quantitative estimate of drug-likeness (QED) is 0.645. The van der Waals surface area contributed by atoms with Crippen molar-refractivity contribution in [1.29, 1.82) is 0 Å². The fourth-order valence-electron chi connectivity index (χ4n) is 2.63. The van der Waals surface area contributed by atoms with Gasteiger partial charge in [-0.25, -0.2) is 9.82 Å². The molecule has 0 aromatic heterocycles. The van der Waals surface area contributed by atoms with Crippen LogP contribution in [0.25, 0.3) is 0 Å². The highest BCUT2D eigenvalue weighted by Gasteiger charge is 2.11. The van der Waals surface area contributed by atoms with Gasteiger partial charge in [-0.05, 0) is 29.8 Å². The molecule has 0 saturated carbocycles. The van der Waals surface area contributed by atoms with E-state index >= 15 is 0 Å². The Balaban J connectivity index is 1.57. The van der Waals surface area contributed by atoms with Crippen molar-refractivity contribution in [3.05, 3.63) is 70.0 Å². The lowest BCUT2D eigenvalue weighted by Crippen LogP contribution is -2.35. The summed E-state index contributed by atoms with van der Waals surface area (Å²) < 4.78 is 19.0. The third kappa shape index (κ3) is 4.88. The molecule has 0 atom stereocenters. The minimum absolute atomic E-state index is 0.135. The molecule has 1 amide bonds. The Morgan fingerprint density at radius 1 is 1.23 bits per heavy atom. The summed E-state index contributed by atoms with van der Waals surface area (Å²) >= 11 is 5.90. The summed E-state index contributed by atoms with van der Waals surface area (Å²) in [6, 6.07) is 11.7. The SMILES string of the molecule is O=C(N/N=C\c1c(F)cccc1Cl)c1ccc(CN2CCOCC2)cc1. The van der Waals surface area contributed by atoms with Crippen LogP contribution in [0.3, 0.4) is 0 Å². The molecule has 0 aliphatic carbocycles. The number of carbonyl (C=O) groups is 1. The third-order valence-corrected chi connectivity index (χ3v) is 4.42. The van der Waals surface area contributed by atoms with Gasteiger partial charge in [0, 0.05) is 30.8 Å². The van der Waals surface area contributed by atoms with Crippen molar-refractivity contribution < 1.29 is 13.9 Å². The molecule has 0 spiro atoms. The van der Waals surface area contributed by atoms with Crippen LogP contribution < -0.4 is 5.43 Å². The second-order valence-corrected chi connectivity index (χ2v) is 6.33. The summed E-state index contributed by atoms with van der Waals surface area (Å²) in [6.07, 6.45) is 1.20. The molecule has 1 heterocycles. The molecule has 1 aliphatic heterocycles. The van der Waals surface area contributed by atoms with Crippen LogP contribution in [-0.4, -0.2) is 43.3 Å². The number of carbonyl (C=O) groups excluding carboxylic acids is 1. The van der Waals surface area contributed by atoms with Crippen molar-refractivity contribution in [3.63, 3.8) is 0 Å². The van der Waals surface area contributed by atoms with E-state index in [1.165, 1.54) is 18.3 Å². The van der Waals surface area contributed by atoms with E-state index in [2.05, 4.69) is 15.4 Å².